The third kappa shape index (κ3) is 4.15. The molecule has 1 aromatic carbocycles. The Morgan fingerprint density at radius 1 is 1.27 bits per heavy atom. The van der Waals surface area contributed by atoms with Crippen LogP contribution in [-0.4, -0.2) is 28.5 Å². The second kappa shape index (κ2) is 7.36. The smallest absolute Gasteiger partial charge is 0.270 e. The number of aromatic nitrogens is 2. The summed E-state index contributed by atoms with van der Waals surface area (Å²) in [5.41, 5.74) is 1.21. The lowest BCUT2D eigenvalue weighted by molar-refractivity contribution is 0.0938. The third-order valence-corrected chi connectivity index (χ3v) is 2.84. The number of hydrogen-bond acceptors (Lipinski definition) is 4. The van der Waals surface area contributed by atoms with Crippen LogP contribution in [-0.2, 0) is 0 Å². The van der Waals surface area contributed by atoms with E-state index < -0.39 is 0 Å². The monoisotopic (exact) mass is 296 g/mol. The minimum Gasteiger partial charge on any atom is -0.366 e. The topological polar surface area (TPSA) is 66.9 Å². The van der Waals surface area contributed by atoms with Crippen molar-refractivity contribution in [2.75, 3.05) is 11.9 Å². The van der Waals surface area contributed by atoms with Gasteiger partial charge in [-0.1, -0.05) is 36.4 Å². The van der Waals surface area contributed by atoms with Crippen molar-refractivity contribution >= 4 is 11.7 Å². The molecule has 0 atom stereocenters. The summed E-state index contributed by atoms with van der Waals surface area (Å²) in [7, 11) is 0. The number of anilines is 1. The molecule has 0 radical (unpaired) electrons. The van der Waals surface area contributed by atoms with E-state index in [-0.39, 0.29) is 11.9 Å². The first-order valence-corrected chi connectivity index (χ1v) is 7.20. The normalized spacial score (nSPS) is 10.3. The van der Waals surface area contributed by atoms with Gasteiger partial charge < -0.3 is 10.6 Å². The van der Waals surface area contributed by atoms with Gasteiger partial charge in [-0.25, -0.2) is 9.97 Å². The Bertz CT molecular complexity index is 653. The highest BCUT2D eigenvalue weighted by molar-refractivity contribution is 5.93. The summed E-state index contributed by atoms with van der Waals surface area (Å²) in [5, 5.41) is 5.95. The van der Waals surface area contributed by atoms with Gasteiger partial charge in [0.1, 0.15) is 11.5 Å². The van der Waals surface area contributed by atoms with Crippen molar-refractivity contribution in [3.05, 3.63) is 54.7 Å². The lowest BCUT2D eigenvalue weighted by Crippen LogP contribution is -2.31. The van der Waals surface area contributed by atoms with Crippen molar-refractivity contribution in [3.8, 4) is 11.4 Å². The predicted molar refractivity (Wildman–Crippen MR) is 88.8 cm³/mol. The Morgan fingerprint density at radius 3 is 2.64 bits per heavy atom. The van der Waals surface area contributed by atoms with E-state index >= 15 is 0 Å². The minimum absolute atomic E-state index is 0.0484. The van der Waals surface area contributed by atoms with Gasteiger partial charge in [-0.05, 0) is 13.8 Å². The van der Waals surface area contributed by atoms with Crippen LogP contribution in [0.5, 0.6) is 0 Å². The van der Waals surface area contributed by atoms with E-state index in [1.165, 1.54) is 0 Å². The van der Waals surface area contributed by atoms with Crippen LogP contribution in [0.1, 0.15) is 24.3 Å². The van der Waals surface area contributed by atoms with Crippen molar-refractivity contribution in [2.45, 2.75) is 19.9 Å². The van der Waals surface area contributed by atoms with Gasteiger partial charge in [-0.15, -0.1) is 6.58 Å². The Balaban J connectivity index is 2.40. The maximum atomic E-state index is 12.2. The molecule has 0 spiro atoms. The van der Waals surface area contributed by atoms with Gasteiger partial charge in [0, 0.05) is 24.2 Å². The minimum atomic E-state index is -0.212. The molecule has 0 unspecified atom stereocenters. The predicted octanol–water partition coefficient (Wildman–Crippen LogP) is 2.88. The van der Waals surface area contributed by atoms with Crippen molar-refractivity contribution < 1.29 is 4.79 Å². The van der Waals surface area contributed by atoms with Gasteiger partial charge in [0.25, 0.3) is 5.91 Å². The van der Waals surface area contributed by atoms with E-state index in [1.54, 1.807) is 12.1 Å². The highest BCUT2D eigenvalue weighted by Crippen LogP contribution is 2.17. The lowest BCUT2D eigenvalue weighted by Gasteiger charge is -2.11. The summed E-state index contributed by atoms with van der Waals surface area (Å²) in [6.07, 6.45) is 1.73. The standard InChI is InChI=1S/C17H20N4O/c1-4-10-18-15-11-14(17(22)19-12(2)3)20-16(21-15)13-8-6-5-7-9-13/h4-9,11-12H,1,10H2,2-3H3,(H,19,22)(H,18,20,21). The van der Waals surface area contributed by atoms with Gasteiger partial charge in [0.15, 0.2) is 5.82 Å². The van der Waals surface area contributed by atoms with Crippen LogP contribution in [0.4, 0.5) is 5.82 Å². The van der Waals surface area contributed by atoms with Gasteiger partial charge in [0.2, 0.25) is 0 Å². The van der Waals surface area contributed by atoms with Gasteiger partial charge in [-0.2, -0.15) is 0 Å². The maximum absolute atomic E-state index is 12.2. The molecular weight excluding hydrogens is 276 g/mol. The van der Waals surface area contributed by atoms with E-state index in [0.29, 0.717) is 23.9 Å². The number of carbonyl (C=O) groups is 1. The van der Waals surface area contributed by atoms with E-state index in [2.05, 4.69) is 27.2 Å². The summed E-state index contributed by atoms with van der Waals surface area (Å²) >= 11 is 0. The fraction of sp³-hybridized carbons (Fsp3) is 0.235. The van der Waals surface area contributed by atoms with E-state index in [0.717, 1.165) is 5.56 Å². The summed E-state index contributed by atoms with van der Waals surface area (Å²) in [4.78, 5) is 21.0. The van der Waals surface area contributed by atoms with Crippen LogP contribution < -0.4 is 10.6 Å². The quantitative estimate of drug-likeness (QED) is 0.804. The molecule has 0 bridgehead atoms. The van der Waals surface area contributed by atoms with Crippen LogP contribution in [0, 0.1) is 0 Å². The van der Waals surface area contributed by atoms with Crippen LogP contribution in [0.25, 0.3) is 11.4 Å². The molecule has 1 amide bonds. The SMILES string of the molecule is C=CCNc1cc(C(=O)NC(C)C)nc(-c2ccccc2)n1. The Morgan fingerprint density at radius 2 is 2.00 bits per heavy atom. The average Bonchev–Trinajstić information content (AvgIpc) is 2.53. The van der Waals surface area contributed by atoms with E-state index in [9.17, 15) is 4.79 Å². The molecule has 0 saturated heterocycles. The molecule has 2 aromatic rings. The van der Waals surface area contributed by atoms with Crippen LogP contribution in [0.15, 0.2) is 49.1 Å². The van der Waals surface area contributed by atoms with Gasteiger partial charge >= 0.3 is 0 Å². The van der Waals surface area contributed by atoms with Gasteiger partial charge in [-0.3, -0.25) is 4.79 Å². The largest absolute Gasteiger partial charge is 0.366 e. The number of carbonyl (C=O) groups excluding carboxylic acids is 1. The average molecular weight is 296 g/mol. The molecule has 0 aliphatic heterocycles. The molecule has 1 aromatic heterocycles. The number of nitrogens with zero attached hydrogens (tertiary/aromatic N) is 2. The molecule has 114 valence electrons. The highest BCUT2D eigenvalue weighted by Gasteiger charge is 2.13. The van der Waals surface area contributed by atoms with E-state index in [1.807, 2.05) is 44.2 Å². The zero-order valence-corrected chi connectivity index (χ0v) is 12.8. The van der Waals surface area contributed by atoms with Gasteiger partial charge in [0.05, 0.1) is 0 Å². The molecule has 22 heavy (non-hydrogen) atoms. The summed E-state index contributed by atoms with van der Waals surface area (Å²) in [6, 6.07) is 11.3. The maximum Gasteiger partial charge on any atom is 0.270 e. The molecule has 0 aliphatic carbocycles. The fourth-order valence-corrected chi connectivity index (χ4v) is 1.88. The van der Waals surface area contributed by atoms with Crippen LogP contribution in [0.2, 0.25) is 0 Å². The molecule has 1 heterocycles. The van der Waals surface area contributed by atoms with Crippen molar-refractivity contribution in [3.63, 3.8) is 0 Å². The van der Waals surface area contributed by atoms with E-state index in [4.69, 9.17) is 0 Å². The van der Waals surface area contributed by atoms with Crippen molar-refractivity contribution in [1.29, 1.82) is 0 Å². The molecule has 5 heteroatoms. The third-order valence-electron chi connectivity index (χ3n) is 2.84. The molecule has 2 rings (SSSR count). The summed E-state index contributed by atoms with van der Waals surface area (Å²) in [5.74, 6) is 0.905. The van der Waals surface area contributed by atoms with Crippen molar-refractivity contribution in [2.24, 2.45) is 0 Å². The van der Waals surface area contributed by atoms with Crippen LogP contribution >= 0.6 is 0 Å². The highest BCUT2D eigenvalue weighted by atomic mass is 16.1. The Hall–Kier alpha value is -2.69. The molecule has 0 fully saturated rings. The molecule has 2 N–H and O–H groups in total. The first kappa shape index (κ1) is 15.7. The molecule has 0 aliphatic rings. The number of amides is 1. The molecule has 0 saturated carbocycles. The number of benzene rings is 1. The fourth-order valence-electron chi connectivity index (χ4n) is 1.88. The summed E-state index contributed by atoms with van der Waals surface area (Å²) < 4.78 is 0. The zero-order valence-electron chi connectivity index (χ0n) is 12.8. The lowest BCUT2D eigenvalue weighted by atomic mass is 10.2. The second-order valence-electron chi connectivity index (χ2n) is 5.13. The first-order valence-electron chi connectivity index (χ1n) is 7.20. The summed E-state index contributed by atoms with van der Waals surface area (Å²) in [6.45, 7) is 8.06. The first-order chi connectivity index (χ1) is 10.6. The Labute approximate surface area is 130 Å². The number of hydrogen-bond donors (Lipinski definition) is 2. The Kier molecular flexibility index (Phi) is 5.25. The molecule has 5 nitrogen and oxygen atoms in total. The zero-order chi connectivity index (χ0) is 15.9. The molecular formula is C17H20N4O. The van der Waals surface area contributed by atoms with Crippen molar-refractivity contribution in [1.82, 2.24) is 15.3 Å². The number of rotatable bonds is 6. The number of nitrogens with one attached hydrogen (secondary N) is 2. The van der Waals surface area contributed by atoms with Crippen LogP contribution in [0.3, 0.4) is 0 Å². The second-order valence-corrected chi connectivity index (χ2v) is 5.13.